The fraction of sp³-hybridized carbons (Fsp3) is 0.529. The van der Waals surface area contributed by atoms with Crippen molar-refractivity contribution in [2.24, 2.45) is 5.92 Å². The van der Waals surface area contributed by atoms with Crippen molar-refractivity contribution in [3.63, 3.8) is 0 Å². The average Bonchev–Trinajstić information content (AvgIpc) is 3.34. The van der Waals surface area contributed by atoms with Gasteiger partial charge in [-0.3, -0.25) is 4.79 Å². The van der Waals surface area contributed by atoms with Gasteiger partial charge in [0.2, 0.25) is 0 Å². The van der Waals surface area contributed by atoms with Gasteiger partial charge in [0, 0.05) is 10.9 Å². The lowest BCUT2D eigenvalue weighted by atomic mass is 9.84. The van der Waals surface area contributed by atoms with Gasteiger partial charge in [0.05, 0.1) is 12.7 Å². The largest absolute Gasteiger partial charge is 0.480 e. The number of carbonyl (C=O) groups is 2. The normalized spacial score (nSPS) is 25.8. The zero-order valence-electron chi connectivity index (χ0n) is 13.7. The van der Waals surface area contributed by atoms with E-state index in [4.69, 9.17) is 0 Å². The summed E-state index contributed by atoms with van der Waals surface area (Å²) in [5.41, 5.74) is 0.231. The number of fused-ring (bicyclic) bond motifs is 1. The Hall–Kier alpha value is -2.22. The number of carboxylic acids is 1. The maximum absolute atomic E-state index is 13.0. The Morgan fingerprint density at radius 3 is 2.92 bits per heavy atom. The zero-order valence-corrected chi connectivity index (χ0v) is 14.6. The van der Waals surface area contributed by atoms with Crippen LogP contribution in [0, 0.1) is 5.92 Å². The topological polar surface area (TPSA) is 88.3 Å². The molecule has 132 valence electrons. The van der Waals surface area contributed by atoms with Crippen LogP contribution in [0.25, 0.3) is 0 Å². The molecule has 3 atom stereocenters. The highest BCUT2D eigenvalue weighted by atomic mass is 32.1. The first kappa shape index (κ1) is 16.3. The molecule has 2 fully saturated rings. The molecule has 25 heavy (non-hydrogen) atoms. The van der Waals surface area contributed by atoms with Crippen LogP contribution in [-0.4, -0.2) is 49.0 Å². The van der Waals surface area contributed by atoms with Gasteiger partial charge in [0.1, 0.15) is 6.04 Å². The monoisotopic (exact) mass is 360 g/mol. The number of thiophene rings is 1. The van der Waals surface area contributed by atoms with Crippen LogP contribution in [0.2, 0.25) is 0 Å². The second-order valence-electron chi connectivity index (χ2n) is 6.79. The summed E-state index contributed by atoms with van der Waals surface area (Å²) in [5.74, 6) is -0.937. The van der Waals surface area contributed by atoms with Crippen LogP contribution in [0.15, 0.2) is 23.7 Å². The molecule has 2 aliphatic rings. The first-order valence-corrected chi connectivity index (χ1v) is 9.49. The van der Waals surface area contributed by atoms with Crippen molar-refractivity contribution in [3.05, 3.63) is 34.3 Å². The molecule has 0 radical (unpaired) electrons. The van der Waals surface area contributed by atoms with Crippen molar-refractivity contribution < 1.29 is 14.7 Å². The molecule has 1 saturated heterocycles. The summed E-state index contributed by atoms with van der Waals surface area (Å²) in [7, 11) is 0. The summed E-state index contributed by atoms with van der Waals surface area (Å²) < 4.78 is 1.63. The molecule has 3 heterocycles. The van der Waals surface area contributed by atoms with E-state index in [-0.39, 0.29) is 17.6 Å². The highest BCUT2D eigenvalue weighted by molar-refractivity contribution is 7.09. The summed E-state index contributed by atoms with van der Waals surface area (Å²) in [6.07, 6.45) is 6.22. The fourth-order valence-corrected chi connectivity index (χ4v) is 4.84. The number of amides is 1. The first-order valence-electron chi connectivity index (χ1n) is 8.61. The van der Waals surface area contributed by atoms with Gasteiger partial charge in [0.25, 0.3) is 5.91 Å². The fourth-order valence-electron chi connectivity index (χ4n) is 4.14. The van der Waals surface area contributed by atoms with E-state index in [1.807, 2.05) is 17.5 Å². The standard InChI is InChI=1S/C17H20N4O3S/c22-16(13-10-20(19-18-13)9-12-5-3-7-25-12)21-14-6-2-1-4-11(14)8-15(21)17(23)24/h3,5,7,10-11,14-15H,1-2,4,6,8-9H2,(H,23,24)/t11-,14-,15+/m1/s1. The van der Waals surface area contributed by atoms with Crippen LogP contribution in [0.3, 0.4) is 0 Å². The quantitative estimate of drug-likeness (QED) is 0.903. The van der Waals surface area contributed by atoms with Crippen molar-refractivity contribution in [3.8, 4) is 0 Å². The van der Waals surface area contributed by atoms with Gasteiger partial charge in [-0.1, -0.05) is 24.1 Å². The number of hydrogen-bond donors (Lipinski definition) is 1. The third-order valence-corrected chi connectivity index (χ3v) is 6.12. The van der Waals surface area contributed by atoms with E-state index in [9.17, 15) is 14.7 Å². The summed E-state index contributed by atoms with van der Waals surface area (Å²) in [4.78, 5) is 27.3. The Morgan fingerprint density at radius 1 is 1.32 bits per heavy atom. The molecule has 8 heteroatoms. The Kier molecular flexibility index (Phi) is 4.29. The lowest BCUT2D eigenvalue weighted by Crippen LogP contribution is -2.46. The molecule has 0 spiro atoms. The van der Waals surface area contributed by atoms with Gasteiger partial charge in [-0.15, -0.1) is 16.4 Å². The van der Waals surface area contributed by atoms with Gasteiger partial charge >= 0.3 is 5.97 Å². The van der Waals surface area contributed by atoms with Crippen LogP contribution < -0.4 is 0 Å². The molecule has 0 unspecified atom stereocenters. The van der Waals surface area contributed by atoms with Crippen molar-refractivity contribution in [1.29, 1.82) is 0 Å². The molecule has 1 N–H and O–H groups in total. The molecule has 0 aromatic carbocycles. The van der Waals surface area contributed by atoms with Crippen LogP contribution >= 0.6 is 11.3 Å². The minimum Gasteiger partial charge on any atom is -0.480 e. The minimum absolute atomic E-state index is 0.0183. The van der Waals surface area contributed by atoms with Crippen LogP contribution in [0.4, 0.5) is 0 Å². The SMILES string of the molecule is O=C(O)[C@@H]1C[C@H]2CCCC[C@H]2N1C(=O)c1cn(Cc2cccs2)nn1. The second-order valence-corrected chi connectivity index (χ2v) is 7.83. The summed E-state index contributed by atoms with van der Waals surface area (Å²) in [6.45, 7) is 0.562. The average molecular weight is 360 g/mol. The van der Waals surface area contributed by atoms with E-state index < -0.39 is 12.0 Å². The minimum atomic E-state index is -0.922. The van der Waals surface area contributed by atoms with Crippen molar-refractivity contribution in [2.75, 3.05) is 0 Å². The van der Waals surface area contributed by atoms with Crippen molar-refractivity contribution >= 4 is 23.2 Å². The maximum Gasteiger partial charge on any atom is 0.326 e. The third-order valence-electron chi connectivity index (χ3n) is 5.26. The lowest BCUT2D eigenvalue weighted by Gasteiger charge is -2.32. The Bertz CT molecular complexity index is 773. The predicted octanol–water partition coefficient (Wildman–Crippen LogP) is 2.25. The Labute approximate surface area is 149 Å². The molecule has 4 rings (SSSR count). The van der Waals surface area contributed by atoms with Crippen LogP contribution in [0.5, 0.6) is 0 Å². The molecule has 1 amide bonds. The molecule has 2 aromatic heterocycles. The number of carboxylic acid groups (broad SMARTS) is 1. The third kappa shape index (κ3) is 3.06. The van der Waals surface area contributed by atoms with E-state index in [2.05, 4.69) is 10.3 Å². The highest BCUT2D eigenvalue weighted by Gasteiger charge is 2.48. The number of carbonyl (C=O) groups excluding carboxylic acids is 1. The van der Waals surface area contributed by atoms with Gasteiger partial charge in [-0.2, -0.15) is 0 Å². The van der Waals surface area contributed by atoms with Crippen molar-refractivity contribution in [1.82, 2.24) is 19.9 Å². The molecule has 1 aliphatic carbocycles. The zero-order chi connectivity index (χ0) is 17.4. The van der Waals surface area contributed by atoms with E-state index in [1.54, 1.807) is 27.1 Å². The molecule has 1 aliphatic heterocycles. The number of aliphatic carboxylic acids is 1. The summed E-state index contributed by atoms with van der Waals surface area (Å²) >= 11 is 1.62. The lowest BCUT2D eigenvalue weighted by molar-refractivity contribution is -0.141. The number of rotatable bonds is 4. The van der Waals surface area contributed by atoms with Gasteiger partial charge < -0.3 is 10.0 Å². The molecule has 2 aromatic rings. The molecular weight excluding hydrogens is 340 g/mol. The van der Waals surface area contributed by atoms with Gasteiger partial charge in [-0.25, -0.2) is 9.48 Å². The highest BCUT2D eigenvalue weighted by Crippen LogP contribution is 2.40. The maximum atomic E-state index is 13.0. The van der Waals surface area contributed by atoms with E-state index >= 15 is 0 Å². The first-order chi connectivity index (χ1) is 12.1. The number of likely N-dealkylation sites (tertiary alicyclic amines) is 1. The molecule has 0 bridgehead atoms. The number of nitrogens with zero attached hydrogens (tertiary/aromatic N) is 4. The van der Waals surface area contributed by atoms with Crippen molar-refractivity contribution in [2.45, 2.75) is 50.7 Å². The molecule has 1 saturated carbocycles. The van der Waals surface area contributed by atoms with Gasteiger partial charge in [0.15, 0.2) is 5.69 Å². The van der Waals surface area contributed by atoms with E-state index in [0.29, 0.717) is 18.9 Å². The second kappa shape index (κ2) is 6.59. The Balaban J connectivity index is 1.56. The van der Waals surface area contributed by atoms with E-state index in [0.717, 1.165) is 30.6 Å². The summed E-state index contributed by atoms with van der Waals surface area (Å²) in [6, 6.07) is 3.24. The van der Waals surface area contributed by atoms with Gasteiger partial charge in [-0.05, 0) is 36.6 Å². The number of aromatic nitrogens is 3. The predicted molar refractivity (Wildman–Crippen MR) is 91.4 cm³/mol. The smallest absolute Gasteiger partial charge is 0.326 e. The van der Waals surface area contributed by atoms with Crippen LogP contribution in [-0.2, 0) is 11.3 Å². The van der Waals surface area contributed by atoms with Crippen LogP contribution in [0.1, 0.15) is 47.5 Å². The summed E-state index contributed by atoms with van der Waals surface area (Å²) in [5, 5.41) is 19.6. The number of hydrogen-bond acceptors (Lipinski definition) is 5. The molecule has 7 nitrogen and oxygen atoms in total. The molecular formula is C17H20N4O3S. The van der Waals surface area contributed by atoms with E-state index in [1.165, 1.54) is 0 Å². The Morgan fingerprint density at radius 2 is 2.16 bits per heavy atom.